The Kier molecular flexibility index (Phi) is 9.05. The zero-order valence-corrected chi connectivity index (χ0v) is 35.3. The molecule has 12 aromatic rings. The second kappa shape index (κ2) is 15.4. The SMILES string of the molecule is Cc1c(-n2c3ccccc3c3ccc(-c4ccnc(-c5ccccc5)c4)cc32)ccc(-c2cc(F)cc(F)c2)c1-n1c2ccccc2c2ccc(-c3ccnc(-c4ccccc4)c3)cc21. The van der Waals surface area contributed by atoms with Crippen LogP contribution in [0.2, 0.25) is 0 Å². The van der Waals surface area contributed by atoms with E-state index in [9.17, 15) is 0 Å². The number of hydrogen-bond donors (Lipinski definition) is 0. The fourth-order valence-corrected chi connectivity index (χ4v) is 9.72. The molecule has 65 heavy (non-hydrogen) atoms. The summed E-state index contributed by atoms with van der Waals surface area (Å²) in [6.07, 6.45) is 3.73. The average molecular weight is 841 g/mol. The third-order valence-electron chi connectivity index (χ3n) is 12.7. The van der Waals surface area contributed by atoms with Crippen LogP contribution in [0.25, 0.3) is 111 Å². The van der Waals surface area contributed by atoms with E-state index in [4.69, 9.17) is 9.97 Å². The van der Waals surface area contributed by atoms with Crippen molar-refractivity contribution in [2.45, 2.75) is 6.92 Å². The Hall–Kier alpha value is -8.48. The van der Waals surface area contributed by atoms with E-state index in [0.717, 1.165) is 111 Å². The first-order valence-electron chi connectivity index (χ1n) is 21.7. The number of aromatic nitrogens is 4. The molecule has 6 heteroatoms. The molecule has 0 N–H and O–H groups in total. The van der Waals surface area contributed by atoms with E-state index < -0.39 is 11.6 Å². The van der Waals surface area contributed by atoms with Crippen LogP contribution in [0, 0.1) is 18.6 Å². The Morgan fingerprint density at radius 2 is 0.815 bits per heavy atom. The van der Waals surface area contributed by atoms with Crippen molar-refractivity contribution in [1.82, 2.24) is 19.1 Å². The van der Waals surface area contributed by atoms with Crippen molar-refractivity contribution in [3.63, 3.8) is 0 Å². The van der Waals surface area contributed by atoms with Gasteiger partial charge in [-0.05, 0) is 107 Å². The second-order valence-electron chi connectivity index (χ2n) is 16.5. The predicted molar refractivity (Wildman–Crippen MR) is 263 cm³/mol. The minimum atomic E-state index is -0.634. The van der Waals surface area contributed by atoms with Crippen molar-refractivity contribution in [2.24, 2.45) is 0 Å². The maximum atomic E-state index is 15.3. The van der Waals surface area contributed by atoms with Gasteiger partial charge in [-0.2, -0.15) is 0 Å². The van der Waals surface area contributed by atoms with E-state index in [0.29, 0.717) is 11.1 Å². The minimum absolute atomic E-state index is 0.451. The van der Waals surface area contributed by atoms with E-state index in [1.807, 2.05) is 67.0 Å². The van der Waals surface area contributed by atoms with Gasteiger partial charge in [0.1, 0.15) is 11.6 Å². The lowest BCUT2D eigenvalue weighted by Crippen LogP contribution is -2.06. The second-order valence-corrected chi connectivity index (χ2v) is 16.5. The molecule has 0 atom stereocenters. The van der Waals surface area contributed by atoms with Crippen molar-refractivity contribution in [3.05, 3.63) is 230 Å². The van der Waals surface area contributed by atoms with Gasteiger partial charge in [0.25, 0.3) is 0 Å². The molecule has 8 aromatic carbocycles. The molecule has 0 aliphatic heterocycles. The van der Waals surface area contributed by atoms with Crippen LogP contribution >= 0.6 is 0 Å². The molecule has 0 spiro atoms. The van der Waals surface area contributed by atoms with Crippen LogP contribution in [0.3, 0.4) is 0 Å². The van der Waals surface area contributed by atoms with Crippen molar-refractivity contribution in [3.8, 4) is 67.3 Å². The molecule has 4 nitrogen and oxygen atoms in total. The number of halogens is 2. The molecule has 0 fully saturated rings. The van der Waals surface area contributed by atoms with Gasteiger partial charge in [0.15, 0.2) is 0 Å². The summed E-state index contributed by atoms with van der Waals surface area (Å²) in [4.78, 5) is 9.42. The first-order chi connectivity index (χ1) is 32.0. The average Bonchev–Trinajstić information content (AvgIpc) is 3.86. The molecular weight excluding hydrogens is 803 g/mol. The first-order valence-corrected chi connectivity index (χ1v) is 21.7. The monoisotopic (exact) mass is 840 g/mol. The Morgan fingerprint density at radius 3 is 1.37 bits per heavy atom. The quantitative estimate of drug-likeness (QED) is 0.160. The number of pyridine rings is 2. The highest BCUT2D eigenvalue weighted by atomic mass is 19.1. The number of nitrogens with zero attached hydrogens (tertiary/aromatic N) is 4. The predicted octanol–water partition coefficient (Wildman–Crippen LogP) is 15.6. The number of rotatable bonds is 7. The van der Waals surface area contributed by atoms with Gasteiger partial charge in [0, 0.05) is 56.7 Å². The fraction of sp³-hybridized carbons (Fsp3) is 0.0169. The molecule has 0 unspecified atom stereocenters. The molecule has 0 aliphatic carbocycles. The molecule has 0 saturated carbocycles. The molecule has 0 saturated heterocycles. The Balaban J connectivity index is 1.12. The lowest BCUT2D eigenvalue weighted by atomic mass is 9.97. The summed E-state index contributed by atoms with van der Waals surface area (Å²) in [6.45, 7) is 2.13. The van der Waals surface area contributed by atoms with Gasteiger partial charge >= 0.3 is 0 Å². The standard InChI is InChI=1S/C59H38F2N4/c1-37-54(64-55-18-10-8-16-48(55)50-22-20-40(34-57(50)64)42-26-28-62-52(32-42)38-12-4-2-5-13-38)25-24-47(44-30-45(60)36-46(61)31-44)59(37)65-56-19-11-9-17-49(56)51-23-21-41(35-58(51)65)43-27-29-63-53(33-43)39-14-6-3-7-15-39/h2-36H,1H3. The third-order valence-corrected chi connectivity index (χ3v) is 12.7. The van der Waals surface area contributed by atoms with E-state index in [2.05, 4.69) is 143 Å². The van der Waals surface area contributed by atoms with Crippen LogP contribution < -0.4 is 0 Å². The highest BCUT2D eigenvalue weighted by Gasteiger charge is 2.23. The van der Waals surface area contributed by atoms with Gasteiger partial charge in [-0.25, -0.2) is 8.78 Å². The minimum Gasteiger partial charge on any atom is -0.309 e. The highest BCUT2D eigenvalue weighted by molar-refractivity contribution is 6.12. The maximum Gasteiger partial charge on any atom is 0.126 e. The molecule has 12 rings (SSSR count). The van der Waals surface area contributed by atoms with E-state index >= 15 is 8.78 Å². The lowest BCUT2D eigenvalue weighted by Gasteiger charge is -2.21. The Labute approximate surface area is 374 Å². The molecule has 0 bridgehead atoms. The summed E-state index contributed by atoms with van der Waals surface area (Å²) in [5.41, 5.74) is 16.0. The van der Waals surface area contributed by atoms with Gasteiger partial charge in [0.05, 0.1) is 44.8 Å². The summed E-state index contributed by atoms with van der Waals surface area (Å²) < 4.78 is 35.2. The first kappa shape index (κ1) is 38.2. The third kappa shape index (κ3) is 6.49. The fourth-order valence-electron chi connectivity index (χ4n) is 9.72. The molecule has 4 aromatic heterocycles. The smallest absolute Gasteiger partial charge is 0.126 e. The van der Waals surface area contributed by atoms with Crippen molar-refractivity contribution >= 4 is 43.6 Å². The normalized spacial score (nSPS) is 11.6. The van der Waals surface area contributed by atoms with Gasteiger partial charge in [-0.3, -0.25) is 9.97 Å². The Morgan fingerprint density at radius 1 is 0.354 bits per heavy atom. The molecule has 4 heterocycles. The Bertz CT molecular complexity index is 3790. The number of para-hydroxylation sites is 2. The van der Waals surface area contributed by atoms with Gasteiger partial charge in [-0.1, -0.05) is 127 Å². The number of benzene rings is 8. The molecule has 0 aliphatic rings. The van der Waals surface area contributed by atoms with Crippen molar-refractivity contribution < 1.29 is 8.78 Å². The van der Waals surface area contributed by atoms with Crippen LogP contribution in [0.15, 0.2) is 213 Å². The molecule has 0 amide bonds. The lowest BCUT2D eigenvalue weighted by molar-refractivity contribution is 0.584. The summed E-state index contributed by atoms with van der Waals surface area (Å²) in [5, 5.41) is 4.38. The van der Waals surface area contributed by atoms with Gasteiger partial charge in [0.2, 0.25) is 0 Å². The number of fused-ring (bicyclic) bond motifs is 6. The van der Waals surface area contributed by atoms with Gasteiger partial charge < -0.3 is 9.13 Å². The van der Waals surface area contributed by atoms with Gasteiger partial charge in [-0.15, -0.1) is 0 Å². The van der Waals surface area contributed by atoms with E-state index in [1.54, 1.807) is 0 Å². The largest absolute Gasteiger partial charge is 0.309 e. The van der Waals surface area contributed by atoms with Crippen molar-refractivity contribution in [2.75, 3.05) is 0 Å². The topological polar surface area (TPSA) is 35.6 Å². The number of hydrogen-bond acceptors (Lipinski definition) is 2. The maximum absolute atomic E-state index is 15.3. The van der Waals surface area contributed by atoms with Crippen LogP contribution in [0.5, 0.6) is 0 Å². The van der Waals surface area contributed by atoms with Crippen molar-refractivity contribution in [1.29, 1.82) is 0 Å². The zero-order valence-electron chi connectivity index (χ0n) is 35.3. The summed E-state index contributed by atoms with van der Waals surface area (Å²) in [5.74, 6) is -1.27. The van der Waals surface area contributed by atoms with Crippen LogP contribution in [-0.2, 0) is 0 Å². The zero-order chi connectivity index (χ0) is 43.6. The van der Waals surface area contributed by atoms with Crippen LogP contribution in [0.4, 0.5) is 8.78 Å². The van der Waals surface area contributed by atoms with Crippen LogP contribution in [-0.4, -0.2) is 19.1 Å². The summed E-state index contributed by atoms with van der Waals surface area (Å²) in [6, 6.07) is 66.8. The summed E-state index contributed by atoms with van der Waals surface area (Å²) >= 11 is 0. The molecule has 308 valence electrons. The molecule has 0 radical (unpaired) electrons. The highest BCUT2D eigenvalue weighted by Crippen LogP contribution is 2.43. The van der Waals surface area contributed by atoms with E-state index in [-0.39, 0.29) is 0 Å². The van der Waals surface area contributed by atoms with E-state index in [1.165, 1.54) is 12.1 Å². The molecular formula is C59H38F2N4. The van der Waals surface area contributed by atoms with Crippen LogP contribution in [0.1, 0.15) is 5.56 Å². The summed E-state index contributed by atoms with van der Waals surface area (Å²) in [7, 11) is 0.